The van der Waals surface area contributed by atoms with Gasteiger partial charge in [0.1, 0.15) is 12.4 Å². The predicted octanol–water partition coefficient (Wildman–Crippen LogP) is 4.03. The van der Waals surface area contributed by atoms with Gasteiger partial charge in [-0.3, -0.25) is 4.79 Å². The van der Waals surface area contributed by atoms with Gasteiger partial charge < -0.3 is 9.30 Å². The monoisotopic (exact) mass is 326 g/mol. The number of aromatic nitrogens is 2. The summed E-state index contributed by atoms with van der Waals surface area (Å²) in [7, 11) is 1.38. The van der Waals surface area contributed by atoms with Gasteiger partial charge in [0.05, 0.1) is 18.1 Å². The lowest BCUT2D eigenvalue weighted by Gasteiger charge is -2.05. The number of benzene rings is 2. The number of fused-ring (bicyclic) bond motifs is 1. The number of nitrogens with zero attached hydrogens (tertiary/aromatic N) is 2. The van der Waals surface area contributed by atoms with Crippen molar-refractivity contribution < 1.29 is 9.53 Å². The van der Waals surface area contributed by atoms with Crippen molar-refractivity contribution in [2.45, 2.75) is 6.54 Å². The molecule has 3 rings (SSSR count). The van der Waals surface area contributed by atoms with Crippen molar-refractivity contribution in [2.75, 3.05) is 7.11 Å². The summed E-state index contributed by atoms with van der Waals surface area (Å²) in [6, 6.07) is 15.2. The largest absolute Gasteiger partial charge is 0.468 e. The van der Waals surface area contributed by atoms with Gasteiger partial charge in [-0.1, -0.05) is 41.9 Å². The molecule has 2 aromatic carbocycles. The van der Waals surface area contributed by atoms with Gasteiger partial charge in [0.15, 0.2) is 0 Å². The molecule has 3 aromatic rings. The zero-order valence-corrected chi connectivity index (χ0v) is 13.3. The summed E-state index contributed by atoms with van der Waals surface area (Å²) >= 11 is 5.89. The summed E-state index contributed by atoms with van der Waals surface area (Å²) in [5, 5.41) is 0.695. The molecular formula is C18H15ClN2O2. The highest BCUT2D eigenvalue weighted by molar-refractivity contribution is 6.30. The van der Waals surface area contributed by atoms with Crippen LogP contribution in [0.25, 0.3) is 23.2 Å². The van der Waals surface area contributed by atoms with Gasteiger partial charge in [0.25, 0.3) is 0 Å². The molecular weight excluding hydrogens is 312 g/mol. The molecule has 0 bridgehead atoms. The third-order valence-electron chi connectivity index (χ3n) is 3.49. The van der Waals surface area contributed by atoms with Crippen molar-refractivity contribution in [3.8, 4) is 0 Å². The number of carbonyl (C=O) groups excluding carboxylic acids is 1. The predicted molar refractivity (Wildman–Crippen MR) is 92.1 cm³/mol. The summed E-state index contributed by atoms with van der Waals surface area (Å²) in [6.45, 7) is 0.122. The molecule has 0 unspecified atom stereocenters. The van der Waals surface area contributed by atoms with E-state index in [-0.39, 0.29) is 12.5 Å². The first kappa shape index (κ1) is 15.3. The second-order valence-electron chi connectivity index (χ2n) is 5.01. The molecule has 116 valence electrons. The van der Waals surface area contributed by atoms with E-state index in [0.29, 0.717) is 10.8 Å². The minimum absolute atomic E-state index is 0.122. The molecule has 0 spiro atoms. The van der Waals surface area contributed by atoms with Crippen LogP contribution in [0.2, 0.25) is 5.02 Å². The molecule has 0 aliphatic rings. The van der Waals surface area contributed by atoms with Gasteiger partial charge in [0.2, 0.25) is 0 Å². The number of methoxy groups -OCH3 is 1. The summed E-state index contributed by atoms with van der Waals surface area (Å²) < 4.78 is 6.62. The zero-order chi connectivity index (χ0) is 16.2. The number of imidazole rings is 1. The molecule has 0 saturated heterocycles. The Kier molecular flexibility index (Phi) is 4.44. The Morgan fingerprint density at radius 2 is 1.91 bits per heavy atom. The van der Waals surface area contributed by atoms with E-state index >= 15 is 0 Å². The topological polar surface area (TPSA) is 44.1 Å². The highest BCUT2D eigenvalue weighted by Crippen LogP contribution is 2.18. The van der Waals surface area contributed by atoms with Crippen LogP contribution >= 0.6 is 11.6 Å². The molecule has 0 amide bonds. The van der Waals surface area contributed by atoms with E-state index in [1.807, 2.05) is 65.3 Å². The number of hydrogen-bond acceptors (Lipinski definition) is 3. The van der Waals surface area contributed by atoms with E-state index in [0.717, 1.165) is 16.6 Å². The number of para-hydroxylation sites is 2. The minimum atomic E-state index is -0.311. The first-order valence-corrected chi connectivity index (χ1v) is 7.51. The Morgan fingerprint density at radius 1 is 1.17 bits per heavy atom. The normalized spacial score (nSPS) is 11.2. The maximum absolute atomic E-state index is 11.7. The molecule has 0 saturated carbocycles. The van der Waals surface area contributed by atoms with E-state index in [1.54, 1.807) is 0 Å². The SMILES string of the molecule is COC(=O)Cn1c(/C=C/c2ccc(Cl)cc2)nc2ccccc21. The maximum atomic E-state index is 11.7. The Morgan fingerprint density at radius 3 is 2.65 bits per heavy atom. The molecule has 0 radical (unpaired) electrons. The van der Waals surface area contributed by atoms with Crippen LogP contribution in [-0.2, 0) is 16.1 Å². The fraction of sp³-hybridized carbons (Fsp3) is 0.111. The summed E-state index contributed by atoms with van der Waals surface area (Å²) in [4.78, 5) is 16.3. The fourth-order valence-electron chi connectivity index (χ4n) is 2.33. The third-order valence-corrected chi connectivity index (χ3v) is 3.75. The first-order valence-electron chi connectivity index (χ1n) is 7.13. The molecule has 1 heterocycles. The standard InChI is InChI=1S/C18H15ClN2O2/c1-23-18(22)12-21-16-5-3-2-4-15(16)20-17(21)11-8-13-6-9-14(19)10-7-13/h2-11H,12H2,1H3/b11-8+. The van der Waals surface area contributed by atoms with Crippen molar-refractivity contribution in [1.29, 1.82) is 0 Å². The van der Waals surface area contributed by atoms with E-state index in [1.165, 1.54) is 7.11 Å². The quantitative estimate of drug-likeness (QED) is 0.680. The molecule has 5 heteroatoms. The number of halogens is 1. The van der Waals surface area contributed by atoms with Crippen LogP contribution in [0.1, 0.15) is 11.4 Å². The summed E-state index contributed by atoms with van der Waals surface area (Å²) in [5.41, 5.74) is 2.74. The fourth-order valence-corrected chi connectivity index (χ4v) is 2.45. The van der Waals surface area contributed by atoms with Gasteiger partial charge in [0, 0.05) is 5.02 Å². The molecule has 0 fully saturated rings. The number of carbonyl (C=O) groups is 1. The Labute approximate surface area is 139 Å². The van der Waals surface area contributed by atoms with Crippen LogP contribution in [-0.4, -0.2) is 22.6 Å². The lowest BCUT2D eigenvalue weighted by Crippen LogP contribution is -2.12. The Hall–Kier alpha value is -2.59. The zero-order valence-electron chi connectivity index (χ0n) is 12.6. The van der Waals surface area contributed by atoms with Crippen molar-refractivity contribution in [3.63, 3.8) is 0 Å². The molecule has 0 aliphatic carbocycles. The molecule has 23 heavy (non-hydrogen) atoms. The molecule has 0 aliphatic heterocycles. The van der Waals surface area contributed by atoms with Crippen LogP contribution < -0.4 is 0 Å². The maximum Gasteiger partial charge on any atom is 0.325 e. The van der Waals surface area contributed by atoms with Crippen LogP contribution in [0.3, 0.4) is 0 Å². The van der Waals surface area contributed by atoms with E-state index in [9.17, 15) is 4.79 Å². The summed E-state index contributed by atoms with van der Waals surface area (Å²) in [5.74, 6) is 0.390. The Balaban J connectivity index is 2.00. The van der Waals surface area contributed by atoms with Gasteiger partial charge in [-0.2, -0.15) is 0 Å². The van der Waals surface area contributed by atoms with E-state index < -0.39 is 0 Å². The van der Waals surface area contributed by atoms with Gasteiger partial charge in [-0.05, 0) is 35.9 Å². The van der Waals surface area contributed by atoms with E-state index in [4.69, 9.17) is 16.3 Å². The van der Waals surface area contributed by atoms with Crippen molar-refractivity contribution in [1.82, 2.24) is 9.55 Å². The highest BCUT2D eigenvalue weighted by atomic mass is 35.5. The average molecular weight is 327 g/mol. The lowest BCUT2D eigenvalue weighted by molar-refractivity contribution is -0.141. The van der Waals surface area contributed by atoms with Gasteiger partial charge >= 0.3 is 5.97 Å². The molecule has 0 atom stereocenters. The Bertz CT molecular complexity index is 866. The van der Waals surface area contributed by atoms with Crippen LogP contribution in [0.15, 0.2) is 48.5 Å². The van der Waals surface area contributed by atoms with Gasteiger partial charge in [-0.25, -0.2) is 4.98 Å². The lowest BCUT2D eigenvalue weighted by atomic mass is 10.2. The number of rotatable bonds is 4. The number of ether oxygens (including phenoxy) is 1. The highest BCUT2D eigenvalue weighted by Gasteiger charge is 2.11. The van der Waals surface area contributed by atoms with Crippen LogP contribution in [0, 0.1) is 0 Å². The molecule has 0 N–H and O–H groups in total. The second-order valence-corrected chi connectivity index (χ2v) is 5.44. The van der Waals surface area contributed by atoms with Crippen LogP contribution in [0.5, 0.6) is 0 Å². The van der Waals surface area contributed by atoms with Crippen molar-refractivity contribution in [2.24, 2.45) is 0 Å². The second kappa shape index (κ2) is 6.67. The van der Waals surface area contributed by atoms with Gasteiger partial charge in [-0.15, -0.1) is 0 Å². The summed E-state index contributed by atoms with van der Waals surface area (Å²) in [6.07, 6.45) is 3.82. The van der Waals surface area contributed by atoms with Crippen molar-refractivity contribution >= 4 is 40.8 Å². The average Bonchev–Trinajstić information content (AvgIpc) is 2.92. The molecule has 4 nitrogen and oxygen atoms in total. The van der Waals surface area contributed by atoms with E-state index in [2.05, 4.69) is 4.98 Å². The van der Waals surface area contributed by atoms with Crippen LogP contribution in [0.4, 0.5) is 0 Å². The third kappa shape index (κ3) is 3.43. The smallest absolute Gasteiger partial charge is 0.325 e. The molecule has 1 aromatic heterocycles. The number of hydrogen-bond donors (Lipinski definition) is 0. The first-order chi connectivity index (χ1) is 11.2. The number of esters is 1. The van der Waals surface area contributed by atoms with Crippen molar-refractivity contribution in [3.05, 3.63) is 64.9 Å². The minimum Gasteiger partial charge on any atom is -0.468 e.